The summed E-state index contributed by atoms with van der Waals surface area (Å²) in [5.74, 6) is 0. The molecule has 0 aliphatic heterocycles. The van der Waals surface area contributed by atoms with E-state index in [1.165, 1.54) is 11.1 Å². The van der Waals surface area contributed by atoms with Crippen molar-refractivity contribution in [3.63, 3.8) is 0 Å². The van der Waals surface area contributed by atoms with E-state index < -0.39 is 0 Å². The normalized spacial score (nSPS) is 11.1. The fraction of sp³-hybridized carbons (Fsp3) is 0.600. The minimum Gasteiger partial charge on any atom is -0.321 e. The fourth-order valence-electron chi connectivity index (χ4n) is 2.60. The average molecular weight is 256 g/mol. The maximum atomic E-state index is 6.62. The zero-order chi connectivity index (χ0) is 12.0. The molecule has 0 spiro atoms. The van der Waals surface area contributed by atoms with Crippen LogP contribution in [0.25, 0.3) is 0 Å². The summed E-state index contributed by atoms with van der Waals surface area (Å²) >= 11 is 0. The Morgan fingerprint density at radius 3 is 2.00 bits per heavy atom. The molecule has 0 amide bonds. The van der Waals surface area contributed by atoms with Crippen LogP contribution in [0.15, 0.2) is 24.3 Å². The quantitative estimate of drug-likeness (QED) is 0.800. The van der Waals surface area contributed by atoms with Crippen molar-refractivity contribution in [2.45, 2.75) is 58.4 Å². The summed E-state index contributed by atoms with van der Waals surface area (Å²) in [6.07, 6.45) is 5.53. The lowest BCUT2D eigenvalue weighted by Crippen LogP contribution is -2.37. The van der Waals surface area contributed by atoms with Gasteiger partial charge in [0.2, 0.25) is 0 Å². The highest BCUT2D eigenvalue weighted by Gasteiger charge is 2.26. The Balaban J connectivity index is 0.00000256. The maximum Gasteiger partial charge on any atom is 0.0412 e. The van der Waals surface area contributed by atoms with E-state index >= 15 is 0 Å². The van der Waals surface area contributed by atoms with Gasteiger partial charge in [0.25, 0.3) is 0 Å². The van der Waals surface area contributed by atoms with Crippen LogP contribution in [0.2, 0.25) is 0 Å². The van der Waals surface area contributed by atoms with Crippen molar-refractivity contribution in [2.24, 2.45) is 5.73 Å². The Morgan fingerprint density at radius 2 is 1.53 bits per heavy atom. The van der Waals surface area contributed by atoms with Crippen LogP contribution in [-0.2, 0) is 12.0 Å². The molecule has 0 aliphatic carbocycles. The lowest BCUT2D eigenvalue weighted by Gasteiger charge is -2.31. The Bertz CT molecular complexity index is 316. The average Bonchev–Trinajstić information content (AvgIpc) is 2.29. The Labute approximate surface area is 112 Å². The van der Waals surface area contributed by atoms with E-state index in [-0.39, 0.29) is 17.9 Å². The highest BCUT2D eigenvalue weighted by Crippen LogP contribution is 2.31. The summed E-state index contributed by atoms with van der Waals surface area (Å²) in [5, 5.41) is 0. The number of benzene rings is 1. The predicted octanol–water partition coefficient (Wildman–Crippen LogP) is 4.43. The number of rotatable bonds is 6. The van der Waals surface area contributed by atoms with Crippen molar-refractivity contribution < 1.29 is 0 Å². The van der Waals surface area contributed by atoms with E-state index in [4.69, 9.17) is 5.73 Å². The molecule has 1 aromatic rings. The van der Waals surface area contributed by atoms with Crippen molar-refractivity contribution in [1.82, 2.24) is 0 Å². The smallest absolute Gasteiger partial charge is 0.0412 e. The van der Waals surface area contributed by atoms with Crippen LogP contribution in [0.1, 0.15) is 57.6 Å². The molecule has 2 heteroatoms. The van der Waals surface area contributed by atoms with Crippen molar-refractivity contribution in [2.75, 3.05) is 0 Å². The maximum absolute atomic E-state index is 6.62. The number of hydrogen-bond acceptors (Lipinski definition) is 1. The van der Waals surface area contributed by atoms with Gasteiger partial charge >= 0.3 is 0 Å². The van der Waals surface area contributed by atoms with Crippen LogP contribution in [-0.4, -0.2) is 0 Å². The highest BCUT2D eigenvalue weighted by molar-refractivity contribution is 5.85. The molecule has 0 heterocycles. The second kappa shape index (κ2) is 7.73. The van der Waals surface area contributed by atoms with E-state index in [1.54, 1.807) is 0 Å². The largest absolute Gasteiger partial charge is 0.321 e. The molecule has 1 nitrogen and oxygen atoms in total. The van der Waals surface area contributed by atoms with Crippen molar-refractivity contribution in [1.29, 1.82) is 0 Å². The van der Waals surface area contributed by atoms with Crippen molar-refractivity contribution in [3.05, 3.63) is 35.4 Å². The van der Waals surface area contributed by atoms with Gasteiger partial charge in [0.1, 0.15) is 0 Å². The molecule has 0 atom stereocenters. The predicted molar refractivity (Wildman–Crippen MR) is 78.7 cm³/mol. The monoisotopic (exact) mass is 255 g/mol. The number of aryl methyl sites for hydroxylation is 1. The van der Waals surface area contributed by atoms with Gasteiger partial charge in [0.15, 0.2) is 0 Å². The summed E-state index contributed by atoms with van der Waals surface area (Å²) in [6, 6.07) is 8.65. The molecular formula is C15H26ClN. The molecular weight excluding hydrogens is 230 g/mol. The standard InChI is InChI=1S/C15H25N.ClH/c1-4-11-15(16,12-5-2)14-10-8-7-9-13(14)6-3;/h7-10H,4-6,11-12,16H2,1-3H3;1H. The second-order valence-electron chi connectivity index (χ2n) is 4.67. The summed E-state index contributed by atoms with van der Waals surface area (Å²) in [7, 11) is 0. The molecule has 0 unspecified atom stereocenters. The number of hydrogen-bond donors (Lipinski definition) is 1. The molecule has 17 heavy (non-hydrogen) atoms. The third kappa shape index (κ3) is 4.01. The van der Waals surface area contributed by atoms with Gasteiger partial charge in [0.05, 0.1) is 0 Å². The van der Waals surface area contributed by atoms with Gasteiger partial charge < -0.3 is 5.73 Å². The zero-order valence-corrected chi connectivity index (χ0v) is 12.1. The van der Waals surface area contributed by atoms with Gasteiger partial charge in [-0.25, -0.2) is 0 Å². The lowest BCUT2D eigenvalue weighted by atomic mass is 9.80. The molecule has 1 rings (SSSR count). The van der Waals surface area contributed by atoms with Gasteiger partial charge in [-0.3, -0.25) is 0 Å². The zero-order valence-electron chi connectivity index (χ0n) is 11.3. The highest BCUT2D eigenvalue weighted by atomic mass is 35.5. The number of nitrogens with two attached hydrogens (primary N) is 1. The second-order valence-corrected chi connectivity index (χ2v) is 4.67. The molecule has 0 aliphatic rings. The van der Waals surface area contributed by atoms with Crippen molar-refractivity contribution in [3.8, 4) is 0 Å². The first-order chi connectivity index (χ1) is 7.68. The van der Waals surface area contributed by atoms with Gasteiger partial charge in [0, 0.05) is 5.54 Å². The Hall–Kier alpha value is -0.530. The van der Waals surface area contributed by atoms with E-state index in [0.717, 1.165) is 32.1 Å². The SMILES string of the molecule is CCCC(N)(CCC)c1ccccc1CC.Cl. The fourth-order valence-corrected chi connectivity index (χ4v) is 2.60. The summed E-state index contributed by atoms with van der Waals surface area (Å²) in [4.78, 5) is 0. The van der Waals surface area contributed by atoms with E-state index in [0.29, 0.717) is 0 Å². The lowest BCUT2D eigenvalue weighted by molar-refractivity contribution is 0.367. The molecule has 0 saturated carbocycles. The molecule has 0 saturated heterocycles. The summed E-state index contributed by atoms with van der Waals surface area (Å²) in [6.45, 7) is 6.63. The van der Waals surface area contributed by atoms with Crippen molar-refractivity contribution >= 4 is 12.4 Å². The van der Waals surface area contributed by atoms with Gasteiger partial charge in [-0.15, -0.1) is 12.4 Å². The van der Waals surface area contributed by atoms with Gasteiger partial charge in [-0.2, -0.15) is 0 Å². The minimum absolute atomic E-state index is 0. The molecule has 1 aromatic carbocycles. The van der Waals surface area contributed by atoms with Crippen LogP contribution in [0, 0.1) is 0 Å². The first-order valence-corrected chi connectivity index (χ1v) is 6.55. The van der Waals surface area contributed by atoms with Crippen LogP contribution in [0.3, 0.4) is 0 Å². The first-order valence-electron chi connectivity index (χ1n) is 6.55. The third-order valence-corrected chi connectivity index (χ3v) is 3.33. The van der Waals surface area contributed by atoms with Crippen LogP contribution in [0.5, 0.6) is 0 Å². The first kappa shape index (κ1) is 16.5. The third-order valence-electron chi connectivity index (χ3n) is 3.33. The molecule has 0 bridgehead atoms. The topological polar surface area (TPSA) is 26.0 Å². The van der Waals surface area contributed by atoms with Gasteiger partial charge in [-0.1, -0.05) is 57.9 Å². The van der Waals surface area contributed by atoms with E-state index in [1.807, 2.05) is 0 Å². The minimum atomic E-state index is -0.115. The van der Waals surface area contributed by atoms with Crippen LogP contribution >= 0.6 is 12.4 Å². The van der Waals surface area contributed by atoms with Crippen LogP contribution < -0.4 is 5.73 Å². The molecule has 0 fully saturated rings. The molecule has 0 aromatic heterocycles. The van der Waals surface area contributed by atoms with E-state index in [2.05, 4.69) is 45.0 Å². The van der Waals surface area contributed by atoms with Crippen LogP contribution in [0.4, 0.5) is 0 Å². The Morgan fingerprint density at radius 1 is 1.00 bits per heavy atom. The summed E-state index contributed by atoms with van der Waals surface area (Å²) in [5.41, 5.74) is 9.27. The Kier molecular flexibility index (Phi) is 7.49. The molecule has 98 valence electrons. The molecule has 0 radical (unpaired) electrons. The molecule has 2 N–H and O–H groups in total. The van der Waals surface area contributed by atoms with Gasteiger partial charge in [-0.05, 0) is 30.4 Å². The summed E-state index contributed by atoms with van der Waals surface area (Å²) < 4.78 is 0. The number of halogens is 1. The van der Waals surface area contributed by atoms with E-state index in [9.17, 15) is 0 Å².